The maximum Gasteiger partial charge on any atom is 3.00 e. The summed E-state index contributed by atoms with van der Waals surface area (Å²) in [5.41, 5.74) is -4.63. The molecule has 1 saturated heterocycles. The maximum atomic E-state index is 12.9. The summed E-state index contributed by atoms with van der Waals surface area (Å²) >= 11 is 0. The van der Waals surface area contributed by atoms with Crippen LogP contribution < -0.4 is 10.2 Å². The van der Waals surface area contributed by atoms with Crippen molar-refractivity contribution in [2.75, 3.05) is 0 Å². The number of carboxylic acid groups (broad SMARTS) is 7. The van der Waals surface area contributed by atoms with E-state index in [0.717, 1.165) is 0 Å². The third-order valence-electron chi connectivity index (χ3n) is 15.2. The van der Waals surface area contributed by atoms with Gasteiger partial charge >= 0.3 is 46.6 Å². The molecule has 8 bridgehead atoms. The van der Waals surface area contributed by atoms with Crippen molar-refractivity contribution in [2.24, 2.45) is 60.3 Å². The number of aliphatic imine (C=N–C) groups is 3. The van der Waals surface area contributed by atoms with Crippen LogP contribution in [0, 0.1) is 45.3 Å². The SMILES string of the molecule is C/C1=C2N=C(/C=C3N=C(/C(C)=C4\[N-]C(C(CC(=O)O)C4(C)CCC(=O)O)C4(C)N=C1C(CCC(=O)O)C4(C)CC(=O)[O-])C(CCC(=O)O)C\3(C)C)C(CCC(=O)O)C/2(C)CC(=O)[O-].[Co+3]. The molecule has 5 aliphatic rings. The number of allylic oxidation sites excluding steroid dienone is 6. The molecule has 19 heteroatoms. The fourth-order valence-corrected chi connectivity index (χ4v) is 11.6. The molecule has 0 aromatic carbocycles. The summed E-state index contributed by atoms with van der Waals surface area (Å²) in [6, 6.07) is -1.20. The standard InChI is InChI=1S/C45H60N4O14.Co/c1-21-36-24(10-13-30(52)53)41(3,4)28(47-36)18-27-23(9-12-29(50)51)43(6,19-34(60)61)39(46-27)22(2)37-25(11-14-31(54)55)44(7,20-35(62)63)45(8,49-37)40-26(17-33(58)59)42(5,38(21)48-40)16-15-32(56)57;/h18,23-26,40H,9-17,19-20H2,1-8H3,(H8,46,47,48,49,50,51,52,53,54,55,56,57,58,59,60,61,62,63);/q;+3/p-3. The van der Waals surface area contributed by atoms with Gasteiger partial charge in [0.2, 0.25) is 0 Å². The van der Waals surface area contributed by atoms with E-state index in [1.807, 2.05) is 13.8 Å². The summed E-state index contributed by atoms with van der Waals surface area (Å²) in [5.74, 6) is -12.4. The van der Waals surface area contributed by atoms with Gasteiger partial charge in [0.1, 0.15) is 0 Å². The molecule has 5 N–H and O–H groups in total. The van der Waals surface area contributed by atoms with Crippen molar-refractivity contribution in [1.82, 2.24) is 0 Å². The molecule has 0 aromatic heterocycles. The molecule has 9 unspecified atom stereocenters. The van der Waals surface area contributed by atoms with Crippen molar-refractivity contribution in [3.8, 4) is 0 Å². The van der Waals surface area contributed by atoms with E-state index < -0.39 is 131 Å². The Morgan fingerprint density at radius 2 is 1.17 bits per heavy atom. The largest absolute Gasteiger partial charge is 3.00 e. The van der Waals surface area contributed by atoms with Gasteiger partial charge in [-0.05, 0) is 87.9 Å². The number of carboxylic acids is 7. The van der Waals surface area contributed by atoms with Crippen molar-refractivity contribution in [2.45, 2.75) is 138 Å². The summed E-state index contributed by atoms with van der Waals surface area (Å²) in [5, 5.41) is 81.3. The third-order valence-corrected chi connectivity index (χ3v) is 15.2. The predicted octanol–water partition coefficient (Wildman–Crippen LogP) is 4.03. The normalized spacial score (nSPS) is 35.6. The minimum absolute atomic E-state index is 0. The molecule has 9 atom stereocenters. The number of carbonyl (C=O) groups is 7. The Balaban J connectivity index is 0.00000898. The zero-order valence-corrected chi connectivity index (χ0v) is 38.3. The second-order valence-corrected chi connectivity index (χ2v) is 19.4. The first-order valence-corrected chi connectivity index (χ1v) is 21.2. The Labute approximate surface area is 381 Å². The molecule has 0 aliphatic carbocycles. The first-order valence-electron chi connectivity index (χ1n) is 21.2. The van der Waals surface area contributed by atoms with Crippen molar-refractivity contribution in [1.29, 1.82) is 0 Å². The van der Waals surface area contributed by atoms with Crippen LogP contribution in [0.4, 0.5) is 0 Å². The van der Waals surface area contributed by atoms with Crippen LogP contribution in [0.25, 0.3) is 5.32 Å². The van der Waals surface area contributed by atoms with E-state index >= 15 is 0 Å². The van der Waals surface area contributed by atoms with E-state index in [4.69, 9.17) is 20.3 Å². The topological polar surface area (TPSA) is 318 Å². The van der Waals surface area contributed by atoms with Crippen LogP contribution in [0.15, 0.2) is 49.3 Å². The van der Waals surface area contributed by atoms with E-state index in [1.165, 1.54) is 0 Å². The second-order valence-electron chi connectivity index (χ2n) is 19.4. The molecule has 0 radical (unpaired) electrons. The monoisotopic (exact) mass is 936 g/mol. The van der Waals surface area contributed by atoms with E-state index in [9.17, 15) is 69.3 Å². The average molecular weight is 937 g/mol. The third kappa shape index (κ3) is 9.06. The summed E-state index contributed by atoms with van der Waals surface area (Å²) in [6.07, 6.45) is -2.14. The van der Waals surface area contributed by atoms with Crippen molar-refractivity contribution >= 4 is 58.9 Å². The van der Waals surface area contributed by atoms with Gasteiger partial charge in [0.25, 0.3) is 0 Å². The zero-order chi connectivity index (χ0) is 47.4. The first kappa shape index (κ1) is 51.5. The van der Waals surface area contributed by atoms with Gasteiger partial charge in [0, 0.05) is 101 Å². The van der Waals surface area contributed by atoms with E-state index in [-0.39, 0.29) is 78.0 Å². The molecule has 0 saturated carbocycles. The summed E-state index contributed by atoms with van der Waals surface area (Å²) in [4.78, 5) is 103. The number of carbonyl (C=O) groups excluding carboxylic acids is 2. The fraction of sp³-hybridized carbons (Fsp3) is 0.644. The van der Waals surface area contributed by atoms with Crippen molar-refractivity contribution in [3.05, 3.63) is 39.6 Å². The molecule has 350 valence electrons. The minimum Gasteiger partial charge on any atom is -0.682 e. The Morgan fingerprint density at radius 1 is 0.656 bits per heavy atom. The van der Waals surface area contributed by atoms with Gasteiger partial charge in [0.15, 0.2) is 0 Å². The zero-order valence-electron chi connectivity index (χ0n) is 37.3. The number of rotatable bonds is 18. The molecule has 5 heterocycles. The predicted molar refractivity (Wildman–Crippen MR) is 222 cm³/mol. The Kier molecular flexibility index (Phi) is 14.8. The number of nitrogens with zero attached hydrogens (tertiary/aromatic N) is 4. The second kappa shape index (κ2) is 18.4. The Hall–Kier alpha value is -5.17. The molecular weight excluding hydrogens is 879 g/mol. The van der Waals surface area contributed by atoms with E-state index in [2.05, 4.69) is 0 Å². The average Bonchev–Trinajstić information content (AvgIpc) is 3.75. The van der Waals surface area contributed by atoms with Gasteiger partial charge in [-0.1, -0.05) is 40.7 Å². The molecule has 64 heavy (non-hydrogen) atoms. The van der Waals surface area contributed by atoms with Gasteiger partial charge in [-0.2, -0.15) is 5.70 Å². The summed E-state index contributed by atoms with van der Waals surface area (Å²) < 4.78 is 0. The van der Waals surface area contributed by atoms with Crippen molar-refractivity contribution < 1.29 is 86.1 Å². The molecule has 0 aromatic rings. The van der Waals surface area contributed by atoms with E-state index in [1.54, 1.807) is 47.6 Å². The minimum atomic E-state index is -1.69. The molecule has 0 amide bonds. The van der Waals surface area contributed by atoms with Crippen LogP contribution in [0.1, 0.15) is 126 Å². The van der Waals surface area contributed by atoms with E-state index in [0.29, 0.717) is 22.7 Å². The number of fused-ring (bicyclic) bond motifs is 6. The molecule has 5 aliphatic heterocycles. The first-order chi connectivity index (χ1) is 29.0. The van der Waals surface area contributed by atoms with Crippen molar-refractivity contribution in [3.63, 3.8) is 0 Å². The van der Waals surface area contributed by atoms with Gasteiger partial charge in [-0.15, -0.1) is 0 Å². The fourth-order valence-electron chi connectivity index (χ4n) is 11.6. The molecule has 0 spiro atoms. The van der Waals surface area contributed by atoms with Crippen LogP contribution in [0.2, 0.25) is 0 Å². The Bertz CT molecular complexity index is 2220. The molecule has 5 rings (SSSR count). The summed E-state index contributed by atoms with van der Waals surface area (Å²) in [7, 11) is 0. The Morgan fingerprint density at radius 3 is 1.67 bits per heavy atom. The van der Waals surface area contributed by atoms with Gasteiger partial charge in [0.05, 0.1) is 11.2 Å². The van der Waals surface area contributed by atoms with Gasteiger partial charge < -0.3 is 50.7 Å². The number of hydrogen-bond donors (Lipinski definition) is 5. The van der Waals surface area contributed by atoms with Crippen LogP contribution in [-0.4, -0.2) is 96.0 Å². The maximum absolute atomic E-state index is 12.9. The van der Waals surface area contributed by atoms with Crippen LogP contribution in [0.5, 0.6) is 0 Å². The number of aliphatic carboxylic acids is 7. The smallest absolute Gasteiger partial charge is 0.682 e. The molecule has 18 nitrogen and oxygen atoms in total. The molecule has 1 fully saturated rings. The number of hydrogen-bond acceptors (Lipinski definition) is 12. The van der Waals surface area contributed by atoms with Gasteiger partial charge in [-0.25, -0.2) is 0 Å². The quantitative estimate of drug-likeness (QED) is 0.130. The summed E-state index contributed by atoms with van der Waals surface area (Å²) in [6.45, 7) is 13.6. The van der Waals surface area contributed by atoms with Crippen LogP contribution in [-0.2, 0) is 50.3 Å². The van der Waals surface area contributed by atoms with Crippen LogP contribution >= 0.6 is 0 Å². The van der Waals surface area contributed by atoms with Gasteiger partial charge in [-0.3, -0.25) is 38.9 Å². The van der Waals surface area contributed by atoms with Crippen LogP contribution in [0.3, 0.4) is 0 Å². The molecular formula is C45H57CoN4O14.